The summed E-state index contributed by atoms with van der Waals surface area (Å²) in [5.41, 5.74) is 1.37. The second-order valence-corrected chi connectivity index (χ2v) is 8.81. The molecule has 1 amide bonds. The molecule has 0 aromatic heterocycles. The third kappa shape index (κ3) is 6.55. The Morgan fingerprint density at radius 3 is 2.27 bits per heavy atom. The summed E-state index contributed by atoms with van der Waals surface area (Å²) in [6.07, 6.45) is 1.04. The molecule has 2 aromatic rings. The second kappa shape index (κ2) is 10.2. The van der Waals surface area contributed by atoms with Crippen LogP contribution in [0.2, 0.25) is 0 Å². The van der Waals surface area contributed by atoms with Crippen molar-refractivity contribution in [3.8, 4) is 17.2 Å². The van der Waals surface area contributed by atoms with E-state index in [-0.39, 0.29) is 24.1 Å². The highest BCUT2D eigenvalue weighted by Gasteiger charge is 2.25. The molecular formula is C21H28N2O6S. The smallest absolute Gasteiger partial charge is 0.241 e. The fourth-order valence-electron chi connectivity index (χ4n) is 2.72. The fraction of sp³-hybridized carbons (Fsp3) is 0.381. The van der Waals surface area contributed by atoms with Crippen molar-refractivity contribution < 1.29 is 27.4 Å². The van der Waals surface area contributed by atoms with Crippen molar-refractivity contribution in [2.24, 2.45) is 0 Å². The third-order valence-electron chi connectivity index (χ3n) is 4.27. The lowest BCUT2D eigenvalue weighted by atomic mass is 10.2. The summed E-state index contributed by atoms with van der Waals surface area (Å²) >= 11 is 0. The van der Waals surface area contributed by atoms with E-state index in [0.29, 0.717) is 11.5 Å². The van der Waals surface area contributed by atoms with E-state index in [2.05, 4.69) is 5.32 Å². The molecule has 0 saturated carbocycles. The first-order chi connectivity index (χ1) is 14.1. The summed E-state index contributed by atoms with van der Waals surface area (Å²) in [6.45, 7) is 3.62. The van der Waals surface area contributed by atoms with Crippen LogP contribution in [-0.2, 0) is 14.8 Å². The first kappa shape index (κ1) is 23.3. The van der Waals surface area contributed by atoms with Gasteiger partial charge in [-0.1, -0.05) is 17.7 Å². The number of sulfonamides is 1. The standard InChI is InChI=1S/C21H28N2O6S/c1-15-6-8-17(9-7-15)29-14-16(2)22-21(24)13-23(30(5,25)26)19-11-10-18(27-3)12-20(19)28-4/h6-12,16H,13-14H2,1-5H3,(H,22,24)/t16-/m1/s1. The van der Waals surface area contributed by atoms with Crippen LogP contribution < -0.4 is 23.8 Å². The Kier molecular flexibility index (Phi) is 7.93. The minimum Gasteiger partial charge on any atom is -0.497 e. The van der Waals surface area contributed by atoms with Crippen LogP contribution in [0.15, 0.2) is 42.5 Å². The quantitative estimate of drug-likeness (QED) is 0.615. The molecule has 8 nitrogen and oxygen atoms in total. The van der Waals surface area contributed by atoms with Crippen LogP contribution in [0.3, 0.4) is 0 Å². The lowest BCUT2D eigenvalue weighted by Gasteiger charge is -2.25. The molecule has 0 radical (unpaired) electrons. The molecule has 0 fully saturated rings. The van der Waals surface area contributed by atoms with Crippen LogP contribution in [0.25, 0.3) is 0 Å². The predicted molar refractivity (Wildman–Crippen MR) is 116 cm³/mol. The maximum absolute atomic E-state index is 12.5. The number of amides is 1. The number of hydrogen-bond acceptors (Lipinski definition) is 6. The van der Waals surface area contributed by atoms with Crippen LogP contribution in [0.4, 0.5) is 5.69 Å². The van der Waals surface area contributed by atoms with E-state index in [9.17, 15) is 13.2 Å². The highest BCUT2D eigenvalue weighted by molar-refractivity contribution is 7.92. The van der Waals surface area contributed by atoms with Gasteiger partial charge in [-0.3, -0.25) is 9.10 Å². The minimum absolute atomic E-state index is 0.250. The molecule has 164 valence electrons. The van der Waals surface area contributed by atoms with Gasteiger partial charge in [-0.15, -0.1) is 0 Å². The van der Waals surface area contributed by atoms with E-state index >= 15 is 0 Å². The summed E-state index contributed by atoms with van der Waals surface area (Å²) in [4.78, 5) is 12.5. The van der Waals surface area contributed by atoms with E-state index in [0.717, 1.165) is 16.1 Å². The molecule has 1 N–H and O–H groups in total. The Morgan fingerprint density at radius 1 is 1.07 bits per heavy atom. The molecule has 0 saturated heterocycles. The maximum Gasteiger partial charge on any atom is 0.241 e. The minimum atomic E-state index is -3.74. The lowest BCUT2D eigenvalue weighted by molar-refractivity contribution is -0.120. The average molecular weight is 437 g/mol. The fourth-order valence-corrected chi connectivity index (χ4v) is 3.58. The number of anilines is 1. The van der Waals surface area contributed by atoms with Crippen LogP contribution in [0.5, 0.6) is 17.2 Å². The Labute approximate surface area is 177 Å². The largest absolute Gasteiger partial charge is 0.497 e. The molecule has 0 aliphatic carbocycles. The first-order valence-corrected chi connectivity index (χ1v) is 11.2. The molecule has 1 atom stereocenters. The topological polar surface area (TPSA) is 94.2 Å². The molecule has 0 aliphatic heterocycles. The highest BCUT2D eigenvalue weighted by atomic mass is 32.2. The van der Waals surface area contributed by atoms with Gasteiger partial charge in [0.2, 0.25) is 15.9 Å². The number of carbonyl (C=O) groups excluding carboxylic acids is 1. The average Bonchev–Trinajstić information content (AvgIpc) is 2.70. The number of ether oxygens (including phenoxy) is 3. The molecule has 2 rings (SSSR count). The molecule has 0 heterocycles. The van der Waals surface area contributed by atoms with Gasteiger partial charge in [0, 0.05) is 6.07 Å². The molecule has 9 heteroatoms. The van der Waals surface area contributed by atoms with Gasteiger partial charge in [0.05, 0.1) is 32.2 Å². The summed E-state index contributed by atoms with van der Waals surface area (Å²) in [6, 6.07) is 12.0. The van der Waals surface area contributed by atoms with Crippen LogP contribution in [0, 0.1) is 6.92 Å². The van der Waals surface area contributed by atoms with Gasteiger partial charge in [0.25, 0.3) is 0 Å². The second-order valence-electron chi connectivity index (χ2n) is 6.90. The lowest BCUT2D eigenvalue weighted by Crippen LogP contribution is -2.45. The van der Waals surface area contributed by atoms with Crippen molar-refractivity contribution in [3.05, 3.63) is 48.0 Å². The Balaban J connectivity index is 2.06. The van der Waals surface area contributed by atoms with Gasteiger partial charge in [0.1, 0.15) is 30.4 Å². The van der Waals surface area contributed by atoms with E-state index in [4.69, 9.17) is 14.2 Å². The molecule has 0 bridgehead atoms. The predicted octanol–water partition coefficient (Wildman–Crippen LogP) is 2.36. The van der Waals surface area contributed by atoms with Crippen LogP contribution >= 0.6 is 0 Å². The van der Waals surface area contributed by atoms with E-state index in [1.807, 2.05) is 31.2 Å². The van der Waals surface area contributed by atoms with Crippen molar-refractivity contribution in [1.29, 1.82) is 0 Å². The zero-order chi connectivity index (χ0) is 22.3. The van der Waals surface area contributed by atoms with Crippen molar-refractivity contribution in [2.45, 2.75) is 19.9 Å². The summed E-state index contributed by atoms with van der Waals surface area (Å²) in [5, 5.41) is 2.76. The molecule has 0 unspecified atom stereocenters. The van der Waals surface area contributed by atoms with Gasteiger partial charge < -0.3 is 19.5 Å². The Hall–Kier alpha value is -2.94. The van der Waals surface area contributed by atoms with E-state index in [1.165, 1.54) is 20.3 Å². The number of nitrogens with one attached hydrogen (secondary N) is 1. The number of rotatable bonds is 10. The number of hydrogen-bond donors (Lipinski definition) is 1. The normalized spacial score (nSPS) is 12.0. The van der Waals surface area contributed by atoms with Crippen molar-refractivity contribution in [1.82, 2.24) is 5.32 Å². The molecule has 0 spiro atoms. The molecule has 0 aliphatic rings. The van der Waals surface area contributed by atoms with Crippen molar-refractivity contribution >= 4 is 21.6 Å². The van der Waals surface area contributed by atoms with Gasteiger partial charge in [-0.25, -0.2) is 8.42 Å². The molecular weight excluding hydrogens is 408 g/mol. The Bertz CT molecular complexity index is 960. The number of benzene rings is 2. The SMILES string of the molecule is COc1ccc(N(CC(=O)N[C@H](C)COc2ccc(C)cc2)S(C)(=O)=O)c(OC)c1. The molecule has 2 aromatic carbocycles. The summed E-state index contributed by atoms with van der Waals surface area (Å²) < 4.78 is 41.8. The zero-order valence-corrected chi connectivity index (χ0v) is 18.7. The zero-order valence-electron chi connectivity index (χ0n) is 17.8. The van der Waals surface area contributed by atoms with Gasteiger partial charge in [-0.2, -0.15) is 0 Å². The van der Waals surface area contributed by atoms with Gasteiger partial charge >= 0.3 is 0 Å². The number of aryl methyl sites for hydroxylation is 1. The summed E-state index contributed by atoms with van der Waals surface area (Å²) in [7, 11) is -0.824. The van der Waals surface area contributed by atoms with Crippen LogP contribution in [-0.4, -0.2) is 54.0 Å². The monoisotopic (exact) mass is 436 g/mol. The highest BCUT2D eigenvalue weighted by Crippen LogP contribution is 2.33. The summed E-state index contributed by atoms with van der Waals surface area (Å²) in [5.74, 6) is 1.03. The molecule has 30 heavy (non-hydrogen) atoms. The Morgan fingerprint density at radius 2 is 1.70 bits per heavy atom. The van der Waals surface area contributed by atoms with Gasteiger partial charge in [0.15, 0.2) is 0 Å². The van der Waals surface area contributed by atoms with E-state index in [1.54, 1.807) is 19.1 Å². The third-order valence-corrected chi connectivity index (χ3v) is 5.40. The van der Waals surface area contributed by atoms with Crippen LogP contribution in [0.1, 0.15) is 12.5 Å². The number of carbonyl (C=O) groups is 1. The number of methoxy groups -OCH3 is 2. The number of nitrogens with zero attached hydrogens (tertiary/aromatic N) is 1. The maximum atomic E-state index is 12.5. The van der Waals surface area contributed by atoms with Crippen molar-refractivity contribution in [2.75, 3.05) is 37.9 Å². The van der Waals surface area contributed by atoms with Crippen molar-refractivity contribution in [3.63, 3.8) is 0 Å². The van der Waals surface area contributed by atoms with E-state index < -0.39 is 22.5 Å². The van der Waals surface area contributed by atoms with Gasteiger partial charge in [-0.05, 0) is 38.1 Å². The first-order valence-electron chi connectivity index (χ1n) is 9.32.